The van der Waals surface area contributed by atoms with Gasteiger partial charge in [-0.2, -0.15) is 4.98 Å². The van der Waals surface area contributed by atoms with E-state index in [1.807, 2.05) is 39.8 Å². The van der Waals surface area contributed by atoms with Gasteiger partial charge in [0.25, 0.3) is 0 Å². The van der Waals surface area contributed by atoms with Gasteiger partial charge in [-0.15, -0.1) is 0 Å². The predicted molar refractivity (Wildman–Crippen MR) is 161 cm³/mol. The first-order chi connectivity index (χ1) is 19.5. The van der Waals surface area contributed by atoms with Crippen LogP contribution in [0.2, 0.25) is 0 Å². The summed E-state index contributed by atoms with van der Waals surface area (Å²) in [6.07, 6.45) is 4.24. The molecule has 0 aliphatic carbocycles. The van der Waals surface area contributed by atoms with Crippen LogP contribution in [0.4, 0.5) is 22.0 Å². The Morgan fingerprint density at radius 2 is 1.78 bits per heavy atom. The second-order valence-electron chi connectivity index (χ2n) is 12.3. The molecule has 2 fully saturated rings. The molecule has 0 bridgehead atoms. The van der Waals surface area contributed by atoms with Crippen LogP contribution in [-0.2, 0) is 16.0 Å². The Labute approximate surface area is 242 Å². The Bertz CT molecular complexity index is 1390. The number of nitrogens with zero attached hydrogens (tertiary/aromatic N) is 6. The van der Waals surface area contributed by atoms with Crippen molar-refractivity contribution in [1.82, 2.24) is 15.0 Å². The molecule has 218 valence electrons. The van der Waals surface area contributed by atoms with Crippen LogP contribution in [0.1, 0.15) is 58.6 Å². The quantitative estimate of drug-likeness (QED) is 0.362. The lowest BCUT2D eigenvalue weighted by molar-refractivity contribution is -0.153. The summed E-state index contributed by atoms with van der Waals surface area (Å²) >= 11 is 0. The zero-order chi connectivity index (χ0) is 29.3. The molecule has 2 aliphatic heterocycles. The van der Waals surface area contributed by atoms with E-state index in [0.717, 1.165) is 79.0 Å². The predicted octanol–water partition coefficient (Wildman–Crippen LogP) is 5.57. The summed E-state index contributed by atoms with van der Waals surface area (Å²) in [7, 11) is 0. The van der Waals surface area contributed by atoms with Crippen LogP contribution in [0.25, 0.3) is 11.3 Å². The number of benzene rings is 1. The summed E-state index contributed by atoms with van der Waals surface area (Å²) in [4.78, 5) is 33.9. The Kier molecular flexibility index (Phi) is 8.16. The minimum Gasteiger partial charge on any atom is -0.460 e. The first-order valence-corrected chi connectivity index (χ1v) is 14.6. The Balaban J connectivity index is 1.35. The fourth-order valence-electron chi connectivity index (χ4n) is 5.78. The summed E-state index contributed by atoms with van der Waals surface area (Å²) in [5, 5.41) is 0. The third kappa shape index (κ3) is 6.77. The van der Waals surface area contributed by atoms with E-state index in [0.29, 0.717) is 6.04 Å². The van der Waals surface area contributed by atoms with E-state index in [9.17, 15) is 9.18 Å². The zero-order valence-corrected chi connectivity index (χ0v) is 25.0. The number of halogens is 1. The number of rotatable bonds is 6. The first kappa shape index (κ1) is 28.8. The summed E-state index contributed by atoms with van der Waals surface area (Å²) in [6.45, 7) is 15.4. The average molecular weight is 561 g/mol. The lowest BCUT2D eigenvalue weighted by Crippen LogP contribution is -2.53. The highest BCUT2D eigenvalue weighted by atomic mass is 19.1. The number of piperazine rings is 1. The molecule has 5 rings (SSSR count). The molecule has 0 spiro atoms. The highest BCUT2D eigenvalue weighted by Gasteiger charge is 2.29. The highest BCUT2D eigenvalue weighted by Crippen LogP contribution is 2.31. The lowest BCUT2D eigenvalue weighted by atomic mass is 10.1. The monoisotopic (exact) mass is 560 g/mol. The number of hydrogen-bond acceptors (Lipinski definition) is 8. The highest BCUT2D eigenvalue weighted by molar-refractivity contribution is 5.73. The minimum absolute atomic E-state index is 0.172. The normalized spacial score (nSPS) is 19.5. The van der Waals surface area contributed by atoms with Gasteiger partial charge in [0.15, 0.2) is 0 Å². The molecule has 41 heavy (non-hydrogen) atoms. The van der Waals surface area contributed by atoms with Crippen LogP contribution in [0, 0.1) is 12.7 Å². The lowest BCUT2D eigenvalue weighted by Gasteiger charge is -2.41. The van der Waals surface area contributed by atoms with Gasteiger partial charge in [-0.3, -0.25) is 4.79 Å². The molecule has 2 saturated heterocycles. The van der Waals surface area contributed by atoms with E-state index >= 15 is 0 Å². The van der Waals surface area contributed by atoms with E-state index in [1.54, 1.807) is 18.3 Å². The second-order valence-corrected chi connectivity index (χ2v) is 12.3. The molecule has 2 aromatic heterocycles. The van der Waals surface area contributed by atoms with Gasteiger partial charge in [-0.1, -0.05) is 6.07 Å². The molecule has 0 radical (unpaired) electrons. The van der Waals surface area contributed by atoms with E-state index in [1.165, 1.54) is 12.1 Å². The number of anilines is 3. The van der Waals surface area contributed by atoms with Crippen LogP contribution in [0.3, 0.4) is 0 Å². The maximum absolute atomic E-state index is 13.7. The van der Waals surface area contributed by atoms with Gasteiger partial charge in [0.05, 0.1) is 12.1 Å². The molecular weight excluding hydrogens is 519 g/mol. The van der Waals surface area contributed by atoms with Crippen molar-refractivity contribution in [3.63, 3.8) is 0 Å². The van der Waals surface area contributed by atoms with E-state index in [2.05, 4.69) is 28.5 Å². The van der Waals surface area contributed by atoms with Crippen LogP contribution in [-0.4, -0.2) is 64.8 Å². The number of aromatic nitrogens is 3. The van der Waals surface area contributed by atoms with Crippen LogP contribution >= 0.6 is 0 Å². The topological polar surface area (TPSA) is 74.7 Å². The molecule has 0 saturated carbocycles. The molecule has 4 heterocycles. The molecule has 2 aliphatic rings. The van der Waals surface area contributed by atoms with Crippen molar-refractivity contribution in [3.05, 3.63) is 59.5 Å². The summed E-state index contributed by atoms with van der Waals surface area (Å²) in [5.41, 5.74) is 3.06. The SMILES string of the molecule is Cc1cc(CC(=O)OC(C)(C)C)cnc1N1CCN(c2cc(-c3ccc(F)cc3)nc(N3CCC[C@H]3C)n2)C(C)C1. The third-order valence-electron chi connectivity index (χ3n) is 7.75. The van der Waals surface area contributed by atoms with Crippen molar-refractivity contribution in [2.24, 2.45) is 0 Å². The maximum Gasteiger partial charge on any atom is 0.310 e. The maximum atomic E-state index is 13.7. The van der Waals surface area contributed by atoms with Gasteiger partial charge in [0.2, 0.25) is 5.95 Å². The van der Waals surface area contributed by atoms with Gasteiger partial charge in [-0.25, -0.2) is 14.4 Å². The number of ether oxygens (including phenoxy) is 1. The number of aryl methyl sites for hydroxylation is 1. The van der Waals surface area contributed by atoms with E-state index < -0.39 is 5.60 Å². The number of hydrogen-bond donors (Lipinski definition) is 0. The van der Waals surface area contributed by atoms with Crippen molar-refractivity contribution in [3.8, 4) is 11.3 Å². The van der Waals surface area contributed by atoms with E-state index in [-0.39, 0.29) is 24.2 Å². The summed E-state index contributed by atoms with van der Waals surface area (Å²) in [5.74, 6) is 2.05. The van der Waals surface area contributed by atoms with E-state index in [4.69, 9.17) is 19.7 Å². The molecule has 3 aromatic rings. The largest absolute Gasteiger partial charge is 0.460 e. The van der Waals surface area contributed by atoms with Crippen molar-refractivity contribution in [2.45, 2.75) is 78.5 Å². The molecule has 1 aromatic carbocycles. The summed E-state index contributed by atoms with van der Waals surface area (Å²) in [6, 6.07) is 11.1. The first-order valence-electron chi connectivity index (χ1n) is 14.6. The smallest absolute Gasteiger partial charge is 0.310 e. The fraction of sp³-hybridized carbons (Fsp3) is 0.500. The van der Waals surface area contributed by atoms with Crippen LogP contribution < -0.4 is 14.7 Å². The van der Waals surface area contributed by atoms with Crippen molar-refractivity contribution in [2.75, 3.05) is 40.9 Å². The Morgan fingerprint density at radius 1 is 1.02 bits per heavy atom. The molecule has 9 heteroatoms. The Morgan fingerprint density at radius 3 is 2.41 bits per heavy atom. The van der Waals surface area contributed by atoms with Crippen LogP contribution in [0.5, 0.6) is 0 Å². The molecule has 8 nitrogen and oxygen atoms in total. The second kappa shape index (κ2) is 11.6. The zero-order valence-electron chi connectivity index (χ0n) is 25.0. The molecular formula is C32H41FN6O2. The minimum atomic E-state index is -0.508. The van der Waals surface area contributed by atoms with Gasteiger partial charge in [0, 0.05) is 56.1 Å². The van der Waals surface area contributed by atoms with Crippen LogP contribution in [0.15, 0.2) is 42.6 Å². The van der Waals surface area contributed by atoms with Gasteiger partial charge in [-0.05, 0) is 89.8 Å². The van der Waals surface area contributed by atoms with Gasteiger partial charge in [0.1, 0.15) is 23.1 Å². The Hall–Kier alpha value is -3.75. The standard InChI is InChI=1S/C32H41FN6O2/c1-21-16-24(17-29(40)41-32(4,5)6)19-34-30(21)37-14-15-38(23(3)20-37)28-18-27(25-9-11-26(33)12-10-25)35-31(36-28)39-13-7-8-22(39)2/h9-12,16,18-19,22-23H,7-8,13-15,17,20H2,1-6H3/t22-,23?/m1/s1. The van der Waals surface area contributed by atoms with Gasteiger partial charge >= 0.3 is 5.97 Å². The van der Waals surface area contributed by atoms with Gasteiger partial charge < -0.3 is 19.4 Å². The number of carbonyl (C=O) groups is 1. The molecule has 0 amide bonds. The molecule has 2 atom stereocenters. The van der Waals surface area contributed by atoms with Crippen molar-refractivity contribution in [1.29, 1.82) is 0 Å². The average Bonchev–Trinajstić information content (AvgIpc) is 3.33. The van der Waals surface area contributed by atoms with Crippen molar-refractivity contribution >= 4 is 23.6 Å². The molecule has 1 unspecified atom stereocenters. The third-order valence-corrected chi connectivity index (χ3v) is 7.75. The number of carbonyl (C=O) groups excluding carboxylic acids is 1. The van der Waals surface area contributed by atoms with Crippen molar-refractivity contribution < 1.29 is 13.9 Å². The number of esters is 1. The molecule has 0 N–H and O–H groups in total. The number of pyridine rings is 1. The summed E-state index contributed by atoms with van der Waals surface area (Å²) < 4.78 is 19.1. The fourth-order valence-corrected chi connectivity index (χ4v) is 5.78.